The maximum absolute atomic E-state index is 12.3. The minimum atomic E-state index is 0.0359. The molecule has 0 radical (unpaired) electrons. The van der Waals surface area contributed by atoms with Crippen molar-refractivity contribution in [2.75, 3.05) is 45.9 Å². The molecule has 1 aromatic rings. The molecule has 5 nitrogen and oxygen atoms in total. The molecule has 1 aromatic carbocycles. The molecule has 0 bridgehead atoms. The van der Waals surface area contributed by atoms with Crippen LogP contribution >= 0.6 is 11.6 Å². The number of amides is 1. The Morgan fingerprint density at radius 3 is 2.39 bits per heavy atom. The molecule has 128 valence electrons. The molecular weight excluding hydrogens is 314 g/mol. The second-order valence-electron chi connectivity index (χ2n) is 6.02. The summed E-state index contributed by atoms with van der Waals surface area (Å²) in [4.78, 5) is 16.5. The van der Waals surface area contributed by atoms with Crippen LogP contribution in [0.5, 0.6) is 5.75 Å². The molecule has 1 heterocycles. The lowest BCUT2D eigenvalue weighted by Crippen LogP contribution is -2.50. The number of carbonyl (C=O) groups excluding carboxylic acids is 1. The standard InChI is InChI=1S/C17H26ClN3O2/c1-13-10-15(11-14(2)17(13)18)23-12-16(22)21-8-6-20(7-9-21)5-3-4-19/h10-11H,3-9,12,19H2,1-2H3. The molecular formula is C17H26ClN3O2. The van der Waals surface area contributed by atoms with Crippen molar-refractivity contribution in [1.29, 1.82) is 0 Å². The fraction of sp³-hybridized carbons (Fsp3) is 0.588. The minimum absolute atomic E-state index is 0.0359. The van der Waals surface area contributed by atoms with Crippen LogP contribution in [-0.4, -0.2) is 61.6 Å². The van der Waals surface area contributed by atoms with E-state index in [1.165, 1.54) is 0 Å². The summed E-state index contributed by atoms with van der Waals surface area (Å²) in [5.41, 5.74) is 7.45. The maximum atomic E-state index is 12.3. The van der Waals surface area contributed by atoms with Crippen LogP contribution in [0.3, 0.4) is 0 Å². The van der Waals surface area contributed by atoms with Crippen LogP contribution in [0.4, 0.5) is 0 Å². The van der Waals surface area contributed by atoms with E-state index in [2.05, 4.69) is 4.90 Å². The average molecular weight is 340 g/mol. The summed E-state index contributed by atoms with van der Waals surface area (Å²) in [6.45, 7) is 9.00. The molecule has 1 aliphatic rings. The van der Waals surface area contributed by atoms with Crippen LogP contribution in [-0.2, 0) is 4.79 Å². The number of benzene rings is 1. The molecule has 0 aliphatic carbocycles. The zero-order valence-electron chi connectivity index (χ0n) is 14.0. The number of nitrogens with two attached hydrogens (primary N) is 1. The van der Waals surface area contributed by atoms with Crippen molar-refractivity contribution in [3.63, 3.8) is 0 Å². The molecule has 2 N–H and O–H groups in total. The maximum Gasteiger partial charge on any atom is 0.260 e. The van der Waals surface area contributed by atoms with Crippen molar-refractivity contribution in [3.05, 3.63) is 28.3 Å². The Balaban J connectivity index is 1.80. The SMILES string of the molecule is Cc1cc(OCC(=O)N2CCN(CCCN)CC2)cc(C)c1Cl. The summed E-state index contributed by atoms with van der Waals surface area (Å²) in [5.74, 6) is 0.730. The molecule has 0 spiro atoms. The molecule has 1 amide bonds. The van der Waals surface area contributed by atoms with Gasteiger partial charge in [-0.1, -0.05) is 11.6 Å². The molecule has 1 saturated heterocycles. The second kappa shape index (κ2) is 8.52. The normalized spacial score (nSPS) is 15.7. The second-order valence-corrected chi connectivity index (χ2v) is 6.40. The first-order valence-corrected chi connectivity index (χ1v) is 8.49. The van der Waals surface area contributed by atoms with Gasteiger partial charge in [-0.15, -0.1) is 0 Å². The van der Waals surface area contributed by atoms with E-state index in [4.69, 9.17) is 22.1 Å². The van der Waals surface area contributed by atoms with Gasteiger partial charge in [-0.05, 0) is 56.6 Å². The number of carbonyl (C=O) groups is 1. The van der Waals surface area contributed by atoms with Gasteiger partial charge in [0.1, 0.15) is 5.75 Å². The van der Waals surface area contributed by atoms with E-state index in [0.717, 1.165) is 55.3 Å². The van der Waals surface area contributed by atoms with Crippen LogP contribution in [0.1, 0.15) is 17.5 Å². The number of nitrogens with zero attached hydrogens (tertiary/aromatic N) is 2. The number of piperazine rings is 1. The van der Waals surface area contributed by atoms with Gasteiger partial charge in [-0.2, -0.15) is 0 Å². The van der Waals surface area contributed by atoms with Gasteiger partial charge >= 0.3 is 0 Å². The van der Waals surface area contributed by atoms with Gasteiger partial charge in [0.05, 0.1) is 0 Å². The predicted octanol–water partition coefficient (Wildman–Crippen LogP) is 1.83. The molecule has 1 fully saturated rings. The number of rotatable bonds is 6. The topological polar surface area (TPSA) is 58.8 Å². The van der Waals surface area contributed by atoms with Gasteiger partial charge in [-0.3, -0.25) is 9.69 Å². The molecule has 0 aromatic heterocycles. The highest BCUT2D eigenvalue weighted by Crippen LogP contribution is 2.25. The Morgan fingerprint density at radius 1 is 1.22 bits per heavy atom. The van der Waals surface area contributed by atoms with Crippen LogP contribution in [0, 0.1) is 13.8 Å². The first kappa shape index (κ1) is 18.0. The van der Waals surface area contributed by atoms with E-state index >= 15 is 0 Å². The van der Waals surface area contributed by atoms with Crippen molar-refractivity contribution in [3.8, 4) is 5.75 Å². The average Bonchev–Trinajstić information content (AvgIpc) is 2.56. The lowest BCUT2D eigenvalue weighted by molar-refractivity contribution is -0.135. The zero-order valence-corrected chi connectivity index (χ0v) is 14.7. The molecule has 0 unspecified atom stereocenters. The van der Waals surface area contributed by atoms with E-state index in [1.807, 2.05) is 30.9 Å². The van der Waals surface area contributed by atoms with Crippen molar-refractivity contribution < 1.29 is 9.53 Å². The molecule has 2 rings (SSSR count). The first-order chi connectivity index (χ1) is 11.0. The van der Waals surface area contributed by atoms with Crippen LogP contribution in [0.25, 0.3) is 0 Å². The highest BCUT2D eigenvalue weighted by atomic mass is 35.5. The number of hydrogen-bond acceptors (Lipinski definition) is 4. The number of halogens is 1. The van der Waals surface area contributed by atoms with Gasteiger partial charge < -0.3 is 15.4 Å². The van der Waals surface area contributed by atoms with Crippen LogP contribution < -0.4 is 10.5 Å². The number of ether oxygens (including phenoxy) is 1. The zero-order chi connectivity index (χ0) is 16.8. The molecule has 23 heavy (non-hydrogen) atoms. The quantitative estimate of drug-likeness (QED) is 0.859. The smallest absolute Gasteiger partial charge is 0.260 e. The van der Waals surface area contributed by atoms with E-state index < -0.39 is 0 Å². The van der Waals surface area contributed by atoms with Crippen LogP contribution in [0.15, 0.2) is 12.1 Å². The van der Waals surface area contributed by atoms with Crippen molar-refractivity contribution >= 4 is 17.5 Å². The summed E-state index contributed by atoms with van der Waals surface area (Å²) in [5, 5.41) is 0.747. The summed E-state index contributed by atoms with van der Waals surface area (Å²) in [6.07, 6.45) is 1.01. The number of hydrogen-bond donors (Lipinski definition) is 1. The molecule has 6 heteroatoms. The highest BCUT2D eigenvalue weighted by Gasteiger charge is 2.21. The van der Waals surface area contributed by atoms with Crippen molar-refractivity contribution in [1.82, 2.24) is 9.80 Å². The lowest BCUT2D eigenvalue weighted by Gasteiger charge is -2.34. The monoisotopic (exact) mass is 339 g/mol. The molecule has 0 atom stereocenters. The fourth-order valence-electron chi connectivity index (χ4n) is 2.76. The first-order valence-electron chi connectivity index (χ1n) is 8.11. The number of aryl methyl sites for hydroxylation is 2. The Morgan fingerprint density at radius 2 is 1.83 bits per heavy atom. The Hall–Kier alpha value is -1.30. The third-order valence-electron chi connectivity index (χ3n) is 4.18. The summed E-state index contributed by atoms with van der Waals surface area (Å²) < 4.78 is 5.65. The Bertz CT molecular complexity index is 520. The molecule has 1 aliphatic heterocycles. The predicted molar refractivity (Wildman–Crippen MR) is 93.1 cm³/mol. The van der Waals surface area contributed by atoms with Gasteiger partial charge in [0.25, 0.3) is 5.91 Å². The minimum Gasteiger partial charge on any atom is -0.484 e. The van der Waals surface area contributed by atoms with E-state index in [1.54, 1.807) is 0 Å². The highest BCUT2D eigenvalue weighted by molar-refractivity contribution is 6.32. The van der Waals surface area contributed by atoms with Gasteiger partial charge in [0.2, 0.25) is 0 Å². The van der Waals surface area contributed by atoms with Crippen molar-refractivity contribution in [2.24, 2.45) is 5.73 Å². The van der Waals surface area contributed by atoms with E-state index in [-0.39, 0.29) is 12.5 Å². The van der Waals surface area contributed by atoms with Gasteiger partial charge in [0.15, 0.2) is 6.61 Å². The Labute approximate surface area is 143 Å². The lowest BCUT2D eigenvalue weighted by atomic mass is 10.1. The van der Waals surface area contributed by atoms with Crippen molar-refractivity contribution in [2.45, 2.75) is 20.3 Å². The fourth-order valence-corrected chi connectivity index (χ4v) is 2.87. The summed E-state index contributed by atoms with van der Waals surface area (Å²) in [7, 11) is 0. The Kier molecular flexibility index (Phi) is 6.69. The van der Waals surface area contributed by atoms with Gasteiger partial charge in [0, 0.05) is 31.2 Å². The largest absolute Gasteiger partial charge is 0.484 e. The van der Waals surface area contributed by atoms with Gasteiger partial charge in [-0.25, -0.2) is 0 Å². The van der Waals surface area contributed by atoms with E-state index in [9.17, 15) is 4.79 Å². The molecule has 0 saturated carbocycles. The summed E-state index contributed by atoms with van der Waals surface area (Å²) in [6, 6.07) is 3.74. The summed E-state index contributed by atoms with van der Waals surface area (Å²) >= 11 is 6.14. The third kappa shape index (κ3) is 5.09. The van der Waals surface area contributed by atoms with E-state index in [0.29, 0.717) is 12.3 Å². The third-order valence-corrected chi connectivity index (χ3v) is 4.77. The van der Waals surface area contributed by atoms with Crippen LogP contribution in [0.2, 0.25) is 5.02 Å².